The highest BCUT2D eigenvalue weighted by Crippen LogP contribution is 2.32. The van der Waals surface area contributed by atoms with Crippen LogP contribution < -0.4 is 16.0 Å². The van der Waals surface area contributed by atoms with Gasteiger partial charge in [-0.25, -0.2) is 4.98 Å². The molecule has 3 aromatic heterocycles. The summed E-state index contributed by atoms with van der Waals surface area (Å²) in [6.45, 7) is 1.98. The maximum absolute atomic E-state index is 4.69. The molecular weight excluding hydrogens is 328 g/mol. The monoisotopic (exact) mass is 346 g/mol. The molecule has 3 N–H and O–H groups in total. The predicted molar refractivity (Wildman–Crippen MR) is 97.0 cm³/mol. The number of anilines is 3. The van der Waals surface area contributed by atoms with Crippen LogP contribution in [0, 0.1) is 6.92 Å². The van der Waals surface area contributed by atoms with Crippen LogP contribution in [0.2, 0.25) is 0 Å². The Bertz CT molecular complexity index is 820. The summed E-state index contributed by atoms with van der Waals surface area (Å²) in [6.07, 6.45) is 2.26. The van der Waals surface area contributed by atoms with E-state index >= 15 is 0 Å². The lowest BCUT2D eigenvalue weighted by atomic mass is 9.87. The van der Waals surface area contributed by atoms with Crippen molar-refractivity contribution in [2.75, 3.05) is 17.7 Å². The number of fused-ring (bicyclic) bond motifs is 1. The third-order valence-corrected chi connectivity index (χ3v) is 5.76. The van der Waals surface area contributed by atoms with E-state index in [1.807, 2.05) is 26.1 Å². The van der Waals surface area contributed by atoms with E-state index in [1.54, 1.807) is 11.3 Å². The van der Waals surface area contributed by atoms with Crippen molar-refractivity contribution < 1.29 is 0 Å². The van der Waals surface area contributed by atoms with Crippen molar-refractivity contribution in [1.29, 1.82) is 0 Å². The van der Waals surface area contributed by atoms with E-state index in [4.69, 9.17) is 0 Å². The highest BCUT2D eigenvalue weighted by molar-refractivity contribution is 7.17. The van der Waals surface area contributed by atoms with E-state index in [0.717, 1.165) is 39.6 Å². The van der Waals surface area contributed by atoms with Gasteiger partial charge in [-0.2, -0.15) is 9.36 Å². The Labute approximate surface area is 142 Å². The number of aryl methyl sites for hydroxylation is 1. The van der Waals surface area contributed by atoms with Crippen molar-refractivity contribution >= 4 is 49.9 Å². The van der Waals surface area contributed by atoms with Crippen molar-refractivity contribution in [1.82, 2.24) is 19.7 Å². The molecule has 0 aromatic carbocycles. The van der Waals surface area contributed by atoms with Crippen LogP contribution in [0.15, 0.2) is 17.5 Å². The molecule has 0 amide bonds. The summed E-state index contributed by atoms with van der Waals surface area (Å²) in [5.41, 5.74) is 1.97. The molecule has 0 atom stereocenters. The Hall–Kier alpha value is -1.77. The molecule has 3 heterocycles. The van der Waals surface area contributed by atoms with Gasteiger partial charge in [-0.1, -0.05) is 0 Å². The van der Waals surface area contributed by atoms with Gasteiger partial charge in [0.25, 0.3) is 0 Å². The minimum atomic E-state index is 0.478. The first-order valence-electron chi connectivity index (χ1n) is 7.60. The highest BCUT2D eigenvalue weighted by atomic mass is 32.1. The summed E-state index contributed by atoms with van der Waals surface area (Å²) in [6, 6.07) is 5.13. The quantitative estimate of drug-likeness (QED) is 0.658. The summed E-state index contributed by atoms with van der Waals surface area (Å²) >= 11 is 3.10. The fourth-order valence-electron chi connectivity index (χ4n) is 2.71. The van der Waals surface area contributed by atoms with Crippen LogP contribution in [0.1, 0.15) is 18.5 Å². The van der Waals surface area contributed by atoms with Gasteiger partial charge in [-0.05, 0) is 55.9 Å². The van der Waals surface area contributed by atoms with E-state index < -0.39 is 0 Å². The lowest BCUT2D eigenvalue weighted by molar-refractivity contribution is 0.326. The minimum Gasteiger partial charge on any atom is -0.366 e. The summed E-state index contributed by atoms with van der Waals surface area (Å²) in [5.74, 6) is 1.54. The van der Waals surface area contributed by atoms with Crippen molar-refractivity contribution in [2.45, 2.75) is 31.8 Å². The Kier molecular flexibility index (Phi) is 3.88. The number of hydrogen-bond acceptors (Lipinski definition) is 8. The molecule has 4 rings (SSSR count). The zero-order chi connectivity index (χ0) is 15.8. The molecule has 0 spiro atoms. The van der Waals surface area contributed by atoms with Crippen LogP contribution in [-0.2, 0) is 0 Å². The van der Waals surface area contributed by atoms with Gasteiger partial charge in [-0.15, -0.1) is 11.3 Å². The van der Waals surface area contributed by atoms with E-state index in [-0.39, 0.29) is 0 Å². The molecule has 1 saturated carbocycles. The zero-order valence-electron chi connectivity index (χ0n) is 13.0. The topological polar surface area (TPSA) is 74.8 Å². The number of hydrogen-bond donors (Lipinski definition) is 3. The Morgan fingerprint density at radius 2 is 2.09 bits per heavy atom. The second-order valence-corrected chi connectivity index (χ2v) is 7.51. The average molecular weight is 346 g/mol. The van der Waals surface area contributed by atoms with Crippen molar-refractivity contribution in [2.24, 2.45) is 0 Å². The van der Waals surface area contributed by atoms with Gasteiger partial charge in [0, 0.05) is 12.1 Å². The maximum Gasteiger partial charge on any atom is 0.230 e. The summed E-state index contributed by atoms with van der Waals surface area (Å²) in [7, 11) is 2.02. The Balaban J connectivity index is 1.59. The molecule has 1 fully saturated rings. The molecule has 6 nitrogen and oxygen atoms in total. The third-order valence-electron chi connectivity index (χ3n) is 4.05. The normalized spacial score (nSPS) is 20.4. The van der Waals surface area contributed by atoms with Crippen LogP contribution in [-0.4, -0.2) is 33.5 Å². The smallest absolute Gasteiger partial charge is 0.230 e. The van der Waals surface area contributed by atoms with Crippen LogP contribution in [0.25, 0.3) is 10.2 Å². The molecular formula is C15H18N6S2. The standard InChI is InChI=1S/C15H18N6S2/c1-8-5-12(23-21-8)19-15-18-11-3-4-22-13(11)14(20-15)17-10-6-9(7-10)16-2/h3-5,9-10,16H,6-7H2,1-2H3,(H2,17,18,19,20)/t9-,10+. The summed E-state index contributed by atoms with van der Waals surface area (Å²) in [4.78, 5) is 9.28. The molecule has 0 aliphatic heterocycles. The summed E-state index contributed by atoms with van der Waals surface area (Å²) in [5, 5.41) is 13.2. The first kappa shape index (κ1) is 14.8. The first-order valence-corrected chi connectivity index (χ1v) is 9.26. The zero-order valence-corrected chi connectivity index (χ0v) is 14.6. The fourth-order valence-corrected chi connectivity index (χ4v) is 4.15. The van der Waals surface area contributed by atoms with Crippen LogP contribution in [0.5, 0.6) is 0 Å². The number of aromatic nitrogens is 3. The molecule has 0 saturated heterocycles. The van der Waals surface area contributed by atoms with Gasteiger partial charge in [0.2, 0.25) is 5.95 Å². The minimum absolute atomic E-state index is 0.478. The first-order chi connectivity index (χ1) is 11.2. The van der Waals surface area contributed by atoms with Crippen molar-refractivity contribution in [3.63, 3.8) is 0 Å². The fraction of sp³-hybridized carbons (Fsp3) is 0.400. The number of thiophene rings is 1. The van der Waals surface area contributed by atoms with Gasteiger partial charge >= 0.3 is 0 Å². The summed E-state index contributed by atoms with van der Waals surface area (Å²) < 4.78 is 5.39. The van der Waals surface area contributed by atoms with E-state index in [0.29, 0.717) is 18.0 Å². The molecule has 120 valence electrons. The lowest BCUT2D eigenvalue weighted by Gasteiger charge is -2.35. The van der Waals surface area contributed by atoms with Crippen molar-refractivity contribution in [3.8, 4) is 0 Å². The van der Waals surface area contributed by atoms with E-state index in [9.17, 15) is 0 Å². The number of rotatable bonds is 5. The second kappa shape index (κ2) is 6.03. The van der Waals surface area contributed by atoms with E-state index in [1.165, 1.54) is 11.5 Å². The van der Waals surface area contributed by atoms with Crippen LogP contribution >= 0.6 is 22.9 Å². The van der Waals surface area contributed by atoms with E-state index in [2.05, 4.69) is 35.7 Å². The Morgan fingerprint density at radius 3 is 2.83 bits per heavy atom. The molecule has 0 radical (unpaired) electrons. The van der Waals surface area contributed by atoms with Gasteiger partial charge in [0.05, 0.1) is 15.9 Å². The third kappa shape index (κ3) is 3.01. The van der Waals surface area contributed by atoms with Gasteiger partial charge < -0.3 is 16.0 Å². The Morgan fingerprint density at radius 1 is 1.22 bits per heavy atom. The van der Waals surface area contributed by atoms with Gasteiger partial charge in [-0.3, -0.25) is 0 Å². The number of nitrogens with zero attached hydrogens (tertiary/aromatic N) is 3. The highest BCUT2D eigenvalue weighted by Gasteiger charge is 2.28. The predicted octanol–water partition coefficient (Wildman–Crippen LogP) is 3.36. The van der Waals surface area contributed by atoms with Gasteiger partial charge in [0.15, 0.2) is 0 Å². The second-order valence-electron chi connectivity index (χ2n) is 5.79. The largest absolute Gasteiger partial charge is 0.366 e. The van der Waals surface area contributed by atoms with Crippen LogP contribution in [0.4, 0.5) is 16.8 Å². The molecule has 0 bridgehead atoms. The molecule has 0 unspecified atom stereocenters. The van der Waals surface area contributed by atoms with Gasteiger partial charge in [0.1, 0.15) is 10.8 Å². The molecule has 3 aromatic rings. The lowest BCUT2D eigenvalue weighted by Crippen LogP contribution is -2.46. The molecule has 1 aliphatic carbocycles. The van der Waals surface area contributed by atoms with Crippen LogP contribution in [0.3, 0.4) is 0 Å². The van der Waals surface area contributed by atoms with Crippen molar-refractivity contribution in [3.05, 3.63) is 23.2 Å². The average Bonchev–Trinajstić information content (AvgIpc) is 3.11. The molecule has 8 heteroatoms. The number of nitrogens with one attached hydrogen (secondary N) is 3. The SMILES string of the molecule is CN[C@H]1C[C@@H](Nc2nc(Nc3cc(C)ns3)nc3ccsc23)C1. The molecule has 1 aliphatic rings. The molecule has 23 heavy (non-hydrogen) atoms. The maximum atomic E-state index is 4.69.